The fraction of sp³-hybridized carbons (Fsp3) is 0.438. The Morgan fingerprint density at radius 3 is 2.59 bits per heavy atom. The van der Waals surface area contributed by atoms with Gasteiger partial charge in [0.15, 0.2) is 0 Å². The molecule has 2 N–H and O–H groups in total. The molecule has 2 aromatic rings. The molecule has 0 amide bonds. The second-order valence-electron chi connectivity index (χ2n) is 5.40. The number of nitrogens with one attached hydrogen (secondary N) is 2. The van der Waals surface area contributed by atoms with Crippen molar-refractivity contribution in [1.29, 1.82) is 0 Å². The van der Waals surface area contributed by atoms with Crippen molar-refractivity contribution in [3.05, 3.63) is 47.0 Å². The normalized spacial score (nSPS) is 13.1. The maximum Gasteiger partial charge on any atom is 0.232 e. The first-order valence-corrected chi connectivity index (χ1v) is 9.16. The van der Waals surface area contributed by atoms with Crippen LogP contribution in [-0.4, -0.2) is 24.1 Å². The van der Waals surface area contributed by atoms with Crippen LogP contribution in [0.25, 0.3) is 0 Å². The van der Waals surface area contributed by atoms with Crippen LogP contribution in [0.1, 0.15) is 49.1 Å². The standard InChI is InChI=1S/C16H23N3O2S/c1-5-13-7-8-14(11(3)15-9-17-10-18-15)12(4)16(13)19-22(20,21)6-2/h7-11,19H,5-6H2,1-4H3,(H,17,18). The van der Waals surface area contributed by atoms with Crippen molar-refractivity contribution in [3.63, 3.8) is 0 Å². The number of hydrogen-bond donors (Lipinski definition) is 2. The molecule has 1 aromatic heterocycles. The minimum absolute atomic E-state index is 0.0654. The number of hydrogen-bond acceptors (Lipinski definition) is 3. The molecule has 0 saturated heterocycles. The third-order valence-corrected chi connectivity index (χ3v) is 5.34. The van der Waals surface area contributed by atoms with E-state index in [2.05, 4.69) is 27.7 Å². The Hall–Kier alpha value is -1.82. The monoisotopic (exact) mass is 321 g/mol. The molecule has 1 unspecified atom stereocenters. The quantitative estimate of drug-likeness (QED) is 0.858. The molecule has 0 fully saturated rings. The van der Waals surface area contributed by atoms with Crippen LogP contribution in [-0.2, 0) is 16.4 Å². The van der Waals surface area contributed by atoms with Crippen LogP contribution in [0.3, 0.4) is 0 Å². The number of aromatic nitrogens is 2. The lowest BCUT2D eigenvalue weighted by Crippen LogP contribution is -2.17. The first-order chi connectivity index (χ1) is 10.4. The maximum absolute atomic E-state index is 12.0. The fourth-order valence-corrected chi connectivity index (χ4v) is 3.33. The summed E-state index contributed by atoms with van der Waals surface area (Å²) in [5, 5.41) is 0. The van der Waals surface area contributed by atoms with E-state index < -0.39 is 10.0 Å². The highest BCUT2D eigenvalue weighted by Crippen LogP contribution is 2.32. The van der Waals surface area contributed by atoms with Crippen molar-refractivity contribution in [3.8, 4) is 0 Å². The largest absolute Gasteiger partial charge is 0.348 e. The van der Waals surface area contributed by atoms with Crippen LogP contribution < -0.4 is 4.72 Å². The zero-order valence-electron chi connectivity index (χ0n) is 13.5. The molecule has 0 saturated carbocycles. The molecule has 1 aromatic carbocycles. The highest BCUT2D eigenvalue weighted by molar-refractivity contribution is 7.92. The van der Waals surface area contributed by atoms with Gasteiger partial charge < -0.3 is 4.98 Å². The Kier molecular flexibility index (Phi) is 4.90. The predicted molar refractivity (Wildman–Crippen MR) is 89.7 cm³/mol. The molecule has 0 aliphatic rings. The van der Waals surface area contributed by atoms with Crippen LogP contribution in [0, 0.1) is 6.92 Å². The van der Waals surface area contributed by atoms with Gasteiger partial charge in [0, 0.05) is 17.8 Å². The number of nitrogens with zero attached hydrogens (tertiary/aromatic N) is 1. The van der Waals surface area contributed by atoms with Crippen LogP contribution >= 0.6 is 0 Å². The van der Waals surface area contributed by atoms with E-state index in [4.69, 9.17) is 0 Å². The van der Waals surface area contributed by atoms with Crippen molar-refractivity contribution < 1.29 is 8.42 Å². The number of imidazole rings is 1. The van der Waals surface area contributed by atoms with Gasteiger partial charge in [0.2, 0.25) is 10.0 Å². The van der Waals surface area contributed by atoms with Crippen LogP contribution in [0.2, 0.25) is 0 Å². The molecule has 1 atom stereocenters. The van der Waals surface area contributed by atoms with E-state index >= 15 is 0 Å². The first kappa shape index (κ1) is 16.5. The van der Waals surface area contributed by atoms with E-state index in [1.165, 1.54) is 0 Å². The SMILES string of the molecule is CCc1ccc(C(C)c2cnc[nH]2)c(C)c1NS(=O)(=O)CC. The number of aromatic amines is 1. The van der Waals surface area contributed by atoms with Gasteiger partial charge in [-0.3, -0.25) is 4.72 Å². The van der Waals surface area contributed by atoms with Gasteiger partial charge in [-0.05, 0) is 37.0 Å². The Morgan fingerprint density at radius 2 is 2.05 bits per heavy atom. The van der Waals surface area contributed by atoms with E-state index in [1.807, 2.05) is 19.9 Å². The molecule has 2 rings (SSSR count). The predicted octanol–water partition coefficient (Wildman–Crippen LogP) is 3.19. The summed E-state index contributed by atoms with van der Waals surface area (Å²) in [7, 11) is -3.29. The molecular weight excluding hydrogens is 298 g/mol. The van der Waals surface area contributed by atoms with E-state index in [0.717, 1.165) is 28.8 Å². The lowest BCUT2D eigenvalue weighted by Gasteiger charge is -2.20. The molecule has 120 valence electrons. The zero-order valence-corrected chi connectivity index (χ0v) is 14.3. The second-order valence-corrected chi connectivity index (χ2v) is 7.41. The summed E-state index contributed by atoms with van der Waals surface area (Å²) in [4.78, 5) is 7.18. The third kappa shape index (κ3) is 3.32. The minimum atomic E-state index is -3.29. The Bertz CT molecular complexity index is 737. The van der Waals surface area contributed by atoms with E-state index in [9.17, 15) is 8.42 Å². The summed E-state index contributed by atoms with van der Waals surface area (Å²) >= 11 is 0. The number of aryl methyl sites for hydroxylation is 1. The fourth-order valence-electron chi connectivity index (χ4n) is 2.59. The molecule has 0 aliphatic heterocycles. The van der Waals surface area contributed by atoms with Crippen molar-refractivity contribution >= 4 is 15.7 Å². The second kappa shape index (κ2) is 6.52. The number of sulfonamides is 1. The maximum atomic E-state index is 12.0. The summed E-state index contributed by atoms with van der Waals surface area (Å²) in [5.74, 6) is 0.189. The van der Waals surface area contributed by atoms with Gasteiger partial charge in [-0.15, -0.1) is 0 Å². The minimum Gasteiger partial charge on any atom is -0.348 e. The number of benzene rings is 1. The van der Waals surface area contributed by atoms with Crippen molar-refractivity contribution in [2.24, 2.45) is 0 Å². The van der Waals surface area contributed by atoms with Crippen molar-refractivity contribution in [1.82, 2.24) is 9.97 Å². The van der Waals surface area contributed by atoms with E-state index in [1.54, 1.807) is 19.4 Å². The van der Waals surface area contributed by atoms with Gasteiger partial charge in [-0.2, -0.15) is 0 Å². The van der Waals surface area contributed by atoms with Gasteiger partial charge in [0.25, 0.3) is 0 Å². The van der Waals surface area contributed by atoms with Gasteiger partial charge in [0.1, 0.15) is 0 Å². The molecule has 5 nitrogen and oxygen atoms in total. The first-order valence-electron chi connectivity index (χ1n) is 7.50. The Morgan fingerprint density at radius 1 is 1.32 bits per heavy atom. The van der Waals surface area contributed by atoms with Crippen LogP contribution in [0.4, 0.5) is 5.69 Å². The highest BCUT2D eigenvalue weighted by Gasteiger charge is 2.18. The molecular formula is C16H23N3O2S. The Labute approximate surface area is 132 Å². The molecule has 0 aliphatic carbocycles. The Balaban J connectivity index is 2.50. The third-order valence-electron chi connectivity index (χ3n) is 4.06. The summed E-state index contributed by atoms with van der Waals surface area (Å²) in [6.45, 7) is 7.71. The van der Waals surface area contributed by atoms with Crippen molar-refractivity contribution in [2.45, 2.75) is 40.0 Å². The topological polar surface area (TPSA) is 74.8 Å². The smallest absolute Gasteiger partial charge is 0.232 e. The molecule has 0 radical (unpaired) electrons. The molecule has 0 bridgehead atoms. The number of H-pyrrole nitrogens is 1. The zero-order chi connectivity index (χ0) is 16.3. The van der Waals surface area contributed by atoms with Crippen LogP contribution in [0.15, 0.2) is 24.7 Å². The van der Waals surface area contributed by atoms with Gasteiger partial charge >= 0.3 is 0 Å². The summed E-state index contributed by atoms with van der Waals surface area (Å²) in [6.07, 6.45) is 4.23. The average Bonchev–Trinajstić information content (AvgIpc) is 3.03. The number of anilines is 1. The average molecular weight is 321 g/mol. The summed E-state index contributed by atoms with van der Waals surface area (Å²) < 4.78 is 26.7. The summed E-state index contributed by atoms with van der Waals surface area (Å²) in [5.41, 5.74) is 4.80. The summed E-state index contributed by atoms with van der Waals surface area (Å²) in [6, 6.07) is 4.08. The lowest BCUT2D eigenvalue weighted by atomic mass is 9.91. The molecule has 1 heterocycles. The molecule has 0 spiro atoms. The van der Waals surface area contributed by atoms with Crippen LogP contribution in [0.5, 0.6) is 0 Å². The van der Waals surface area contributed by atoms with Gasteiger partial charge in [-0.1, -0.05) is 26.0 Å². The van der Waals surface area contributed by atoms with Gasteiger partial charge in [-0.25, -0.2) is 13.4 Å². The molecule has 22 heavy (non-hydrogen) atoms. The van der Waals surface area contributed by atoms with E-state index in [0.29, 0.717) is 5.69 Å². The molecule has 6 heteroatoms. The van der Waals surface area contributed by atoms with Crippen molar-refractivity contribution in [2.75, 3.05) is 10.5 Å². The lowest BCUT2D eigenvalue weighted by molar-refractivity contribution is 0.602. The van der Waals surface area contributed by atoms with Gasteiger partial charge in [0.05, 0.1) is 17.8 Å². The highest BCUT2D eigenvalue weighted by atomic mass is 32.2. The number of rotatable bonds is 6. The van der Waals surface area contributed by atoms with E-state index in [-0.39, 0.29) is 11.7 Å².